The molecule has 5 heteroatoms. The Morgan fingerprint density at radius 1 is 1.17 bits per heavy atom. The van der Waals surface area contributed by atoms with E-state index in [1.54, 1.807) is 24.4 Å². The van der Waals surface area contributed by atoms with Crippen molar-refractivity contribution in [2.45, 2.75) is 19.4 Å². The third kappa shape index (κ3) is 3.88. The van der Waals surface area contributed by atoms with E-state index >= 15 is 0 Å². The van der Waals surface area contributed by atoms with Gasteiger partial charge in [-0.15, -0.1) is 11.3 Å². The summed E-state index contributed by atoms with van der Waals surface area (Å²) in [6.07, 6.45) is 0.0637. The lowest BCUT2D eigenvalue weighted by molar-refractivity contribution is 0.102. The van der Waals surface area contributed by atoms with E-state index in [4.69, 9.17) is 0 Å². The summed E-state index contributed by atoms with van der Waals surface area (Å²) in [6.45, 7) is 1.67. The summed E-state index contributed by atoms with van der Waals surface area (Å²) in [6, 6.07) is 17.3. The van der Waals surface area contributed by atoms with Gasteiger partial charge in [0.05, 0.1) is 11.1 Å². The van der Waals surface area contributed by atoms with Crippen LogP contribution in [-0.2, 0) is 6.42 Å². The van der Waals surface area contributed by atoms with E-state index in [-0.39, 0.29) is 5.91 Å². The van der Waals surface area contributed by atoms with Gasteiger partial charge in [0.15, 0.2) is 0 Å². The molecular formula is C19H18N2O2S. The van der Waals surface area contributed by atoms with Crippen molar-refractivity contribution in [3.8, 4) is 0 Å². The van der Waals surface area contributed by atoms with E-state index in [1.807, 2.05) is 42.5 Å². The Bertz CT molecular complexity index is 828. The Balaban J connectivity index is 1.73. The van der Waals surface area contributed by atoms with Crippen LogP contribution in [0.15, 0.2) is 60.0 Å². The zero-order valence-electron chi connectivity index (χ0n) is 13.3. The normalized spacial score (nSPS) is 11.9. The first-order chi connectivity index (χ1) is 11.6. The minimum Gasteiger partial charge on any atom is -0.389 e. The summed E-state index contributed by atoms with van der Waals surface area (Å²) in [4.78, 5) is 16.8. The van der Waals surface area contributed by atoms with Gasteiger partial charge in [-0.3, -0.25) is 4.79 Å². The Morgan fingerprint density at radius 2 is 1.88 bits per heavy atom. The lowest BCUT2D eigenvalue weighted by atomic mass is 10.1. The van der Waals surface area contributed by atoms with Gasteiger partial charge < -0.3 is 10.4 Å². The number of nitrogens with zero attached hydrogens (tertiary/aromatic N) is 1. The number of hydrogen-bond acceptors (Lipinski definition) is 4. The first-order valence-corrected chi connectivity index (χ1v) is 8.58. The fourth-order valence-corrected chi connectivity index (χ4v) is 3.24. The third-order valence-electron chi connectivity index (χ3n) is 3.64. The lowest BCUT2D eigenvalue weighted by Crippen LogP contribution is -2.14. The molecule has 4 nitrogen and oxygen atoms in total. The van der Waals surface area contributed by atoms with Gasteiger partial charge >= 0.3 is 0 Å². The van der Waals surface area contributed by atoms with Crippen molar-refractivity contribution < 1.29 is 9.90 Å². The number of rotatable bonds is 5. The maximum absolute atomic E-state index is 12.4. The number of hydrogen-bond donors (Lipinski definition) is 2. The second-order valence-corrected chi connectivity index (χ2v) is 6.45. The molecule has 122 valence electrons. The number of amides is 1. The van der Waals surface area contributed by atoms with Crippen LogP contribution in [0, 0.1) is 0 Å². The van der Waals surface area contributed by atoms with Crippen molar-refractivity contribution in [2.75, 3.05) is 5.32 Å². The number of nitrogens with one attached hydrogen (secondary N) is 1. The summed E-state index contributed by atoms with van der Waals surface area (Å²) in [5.41, 5.74) is 2.85. The fourth-order valence-electron chi connectivity index (χ4n) is 2.43. The Kier molecular flexibility index (Phi) is 5.03. The van der Waals surface area contributed by atoms with Gasteiger partial charge in [0.25, 0.3) is 5.91 Å². The summed E-state index contributed by atoms with van der Waals surface area (Å²) >= 11 is 1.47. The van der Waals surface area contributed by atoms with Crippen molar-refractivity contribution in [2.24, 2.45) is 0 Å². The topological polar surface area (TPSA) is 62.2 Å². The quantitative estimate of drug-likeness (QED) is 0.738. The highest BCUT2D eigenvalue weighted by Crippen LogP contribution is 2.23. The van der Waals surface area contributed by atoms with Crippen LogP contribution >= 0.6 is 11.3 Å². The average Bonchev–Trinajstić information content (AvgIpc) is 3.05. The summed E-state index contributed by atoms with van der Waals surface area (Å²) in [5, 5.41) is 15.3. The van der Waals surface area contributed by atoms with Crippen molar-refractivity contribution in [1.82, 2.24) is 4.98 Å². The van der Waals surface area contributed by atoms with Crippen molar-refractivity contribution in [3.63, 3.8) is 0 Å². The molecule has 0 aliphatic heterocycles. The molecule has 3 rings (SSSR count). The molecule has 24 heavy (non-hydrogen) atoms. The first-order valence-electron chi connectivity index (χ1n) is 7.70. The smallest absolute Gasteiger partial charge is 0.275 e. The Hall–Kier alpha value is -2.50. The second kappa shape index (κ2) is 7.38. The third-order valence-corrected chi connectivity index (χ3v) is 4.49. The summed E-state index contributed by atoms with van der Waals surface area (Å²) in [5.74, 6) is -0.265. The molecular weight excluding hydrogens is 320 g/mol. The molecule has 1 unspecified atom stereocenters. The molecule has 1 heterocycles. The molecule has 1 atom stereocenters. The molecule has 0 saturated heterocycles. The standard InChI is InChI=1S/C19H18N2O2S/c1-13(22)15-9-5-6-10-16(15)21-19(23)17-12-24-18(20-17)11-14-7-3-2-4-8-14/h2-10,12-13,22H,11H2,1H3,(H,21,23). The molecule has 0 radical (unpaired) electrons. The van der Waals surface area contributed by atoms with Crippen LogP contribution < -0.4 is 5.32 Å². The van der Waals surface area contributed by atoms with Crippen LogP contribution in [-0.4, -0.2) is 16.0 Å². The van der Waals surface area contributed by atoms with Crippen LogP contribution in [0.3, 0.4) is 0 Å². The molecule has 0 fully saturated rings. The number of anilines is 1. The molecule has 0 saturated carbocycles. The van der Waals surface area contributed by atoms with E-state index in [2.05, 4.69) is 10.3 Å². The summed E-state index contributed by atoms with van der Waals surface area (Å²) in [7, 11) is 0. The van der Waals surface area contributed by atoms with Crippen molar-refractivity contribution in [1.29, 1.82) is 0 Å². The molecule has 0 aliphatic carbocycles. The zero-order chi connectivity index (χ0) is 16.9. The molecule has 1 aromatic heterocycles. The van der Waals surface area contributed by atoms with E-state index in [0.29, 0.717) is 23.4 Å². The highest BCUT2D eigenvalue weighted by Gasteiger charge is 2.14. The number of thiazole rings is 1. The molecule has 0 spiro atoms. The van der Waals surface area contributed by atoms with Gasteiger partial charge in [-0.2, -0.15) is 0 Å². The predicted octanol–water partition coefficient (Wildman–Crippen LogP) is 4.04. The van der Waals surface area contributed by atoms with E-state index in [0.717, 1.165) is 5.01 Å². The number of aromatic nitrogens is 1. The lowest BCUT2D eigenvalue weighted by Gasteiger charge is -2.12. The number of aliphatic hydroxyl groups excluding tert-OH is 1. The molecule has 1 amide bonds. The maximum atomic E-state index is 12.4. The van der Waals surface area contributed by atoms with Gasteiger partial charge in [-0.25, -0.2) is 4.98 Å². The van der Waals surface area contributed by atoms with E-state index in [9.17, 15) is 9.90 Å². The van der Waals surface area contributed by atoms with Crippen molar-refractivity contribution in [3.05, 3.63) is 81.8 Å². The maximum Gasteiger partial charge on any atom is 0.275 e. The monoisotopic (exact) mass is 338 g/mol. The van der Waals surface area contributed by atoms with Gasteiger partial charge in [0.1, 0.15) is 5.69 Å². The first kappa shape index (κ1) is 16.4. The minimum atomic E-state index is -0.648. The molecule has 0 bridgehead atoms. The largest absolute Gasteiger partial charge is 0.389 e. The SMILES string of the molecule is CC(O)c1ccccc1NC(=O)c1csc(Cc2ccccc2)n1. The number of carbonyl (C=O) groups is 1. The van der Waals surface area contributed by atoms with Crippen LogP contribution in [0.1, 0.15) is 39.7 Å². The highest BCUT2D eigenvalue weighted by atomic mass is 32.1. The van der Waals surface area contributed by atoms with Gasteiger partial charge in [0.2, 0.25) is 0 Å². The van der Waals surface area contributed by atoms with E-state index in [1.165, 1.54) is 16.9 Å². The predicted molar refractivity (Wildman–Crippen MR) is 96.4 cm³/mol. The van der Waals surface area contributed by atoms with Crippen LogP contribution in [0.5, 0.6) is 0 Å². The minimum absolute atomic E-state index is 0.265. The van der Waals surface area contributed by atoms with Gasteiger partial charge in [-0.1, -0.05) is 48.5 Å². The number of carbonyl (C=O) groups excluding carboxylic acids is 1. The second-order valence-electron chi connectivity index (χ2n) is 5.51. The Morgan fingerprint density at radius 3 is 2.62 bits per heavy atom. The van der Waals surface area contributed by atoms with Gasteiger partial charge in [0, 0.05) is 23.1 Å². The number of aliphatic hydroxyl groups is 1. The number of para-hydroxylation sites is 1. The van der Waals surface area contributed by atoms with Crippen LogP contribution in [0.2, 0.25) is 0 Å². The van der Waals surface area contributed by atoms with Crippen molar-refractivity contribution >= 4 is 22.9 Å². The number of benzene rings is 2. The summed E-state index contributed by atoms with van der Waals surface area (Å²) < 4.78 is 0. The van der Waals surface area contributed by atoms with Crippen LogP contribution in [0.4, 0.5) is 5.69 Å². The van der Waals surface area contributed by atoms with Gasteiger partial charge in [-0.05, 0) is 18.6 Å². The molecule has 2 N–H and O–H groups in total. The van der Waals surface area contributed by atoms with E-state index < -0.39 is 6.10 Å². The molecule has 3 aromatic rings. The molecule has 0 aliphatic rings. The Labute approximate surface area is 144 Å². The average molecular weight is 338 g/mol. The molecule has 2 aromatic carbocycles. The van der Waals surface area contributed by atoms with Crippen LogP contribution in [0.25, 0.3) is 0 Å². The fraction of sp³-hybridized carbons (Fsp3) is 0.158. The highest BCUT2D eigenvalue weighted by molar-refractivity contribution is 7.09. The zero-order valence-corrected chi connectivity index (χ0v) is 14.1.